The lowest BCUT2D eigenvalue weighted by Crippen LogP contribution is -2.19. The topological polar surface area (TPSA) is 50.1 Å². The van der Waals surface area contributed by atoms with E-state index in [0.29, 0.717) is 0 Å². The van der Waals surface area contributed by atoms with Crippen LogP contribution in [-0.4, -0.2) is 14.9 Å². The average molecular weight is 349 g/mol. The summed E-state index contributed by atoms with van der Waals surface area (Å²) in [4.78, 5) is 0. The number of nitrogens with zero attached hydrogens (tertiary/aromatic N) is 2. The van der Waals surface area contributed by atoms with E-state index in [-0.39, 0.29) is 12.0 Å². The zero-order chi connectivity index (χ0) is 18.6. The van der Waals surface area contributed by atoms with Gasteiger partial charge in [-0.1, -0.05) is 63.2 Å². The standard InChI is InChI=1S/C22H27N3O/c1-22(2,3)21-19(15-25(24-21)20-11-5-4-6-12-20)14-23-13-17-9-7-8-10-18(17)16-26/h4-12,15,23,26H,13-14,16H2,1-3H3. The Morgan fingerprint density at radius 3 is 2.15 bits per heavy atom. The van der Waals surface area contributed by atoms with Gasteiger partial charge in [-0.2, -0.15) is 5.10 Å². The zero-order valence-electron chi connectivity index (χ0n) is 15.7. The van der Waals surface area contributed by atoms with Crippen LogP contribution >= 0.6 is 0 Å². The Balaban J connectivity index is 1.79. The second-order valence-electron chi connectivity index (χ2n) is 7.56. The van der Waals surface area contributed by atoms with Crippen LogP contribution in [0.5, 0.6) is 0 Å². The summed E-state index contributed by atoms with van der Waals surface area (Å²) < 4.78 is 1.96. The van der Waals surface area contributed by atoms with E-state index in [1.165, 1.54) is 5.56 Å². The molecular formula is C22H27N3O. The van der Waals surface area contributed by atoms with Crippen molar-refractivity contribution < 1.29 is 5.11 Å². The van der Waals surface area contributed by atoms with Crippen molar-refractivity contribution in [2.45, 2.75) is 45.9 Å². The number of benzene rings is 2. The van der Waals surface area contributed by atoms with Gasteiger partial charge in [-0.25, -0.2) is 4.68 Å². The minimum atomic E-state index is -0.0277. The van der Waals surface area contributed by atoms with Crippen LogP contribution in [0.15, 0.2) is 60.8 Å². The first-order valence-electron chi connectivity index (χ1n) is 9.02. The molecule has 3 aromatic rings. The highest BCUT2D eigenvalue weighted by Gasteiger charge is 2.22. The van der Waals surface area contributed by atoms with E-state index in [1.54, 1.807) is 0 Å². The highest BCUT2D eigenvalue weighted by atomic mass is 16.3. The van der Waals surface area contributed by atoms with Crippen molar-refractivity contribution in [2.24, 2.45) is 0 Å². The summed E-state index contributed by atoms with van der Waals surface area (Å²) in [7, 11) is 0. The molecule has 0 saturated carbocycles. The quantitative estimate of drug-likeness (QED) is 0.708. The van der Waals surface area contributed by atoms with Gasteiger partial charge in [0, 0.05) is 30.3 Å². The van der Waals surface area contributed by atoms with Crippen molar-refractivity contribution in [1.82, 2.24) is 15.1 Å². The number of aromatic nitrogens is 2. The van der Waals surface area contributed by atoms with E-state index in [2.05, 4.69) is 50.5 Å². The average Bonchev–Trinajstić information content (AvgIpc) is 3.07. The fourth-order valence-electron chi connectivity index (χ4n) is 3.10. The van der Waals surface area contributed by atoms with Crippen molar-refractivity contribution in [3.05, 3.63) is 83.2 Å². The minimum Gasteiger partial charge on any atom is -0.392 e. The summed E-state index contributed by atoms with van der Waals surface area (Å²) in [6.45, 7) is 8.09. The maximum atomic E-state index is 9.47. The van der Waals surface area contributed by atoms with Crippen molar-refractivity contribution >= 4 is 0 Å². The molecule has 4 heteroatoms. The number of aliphatic hydroxyl groups excluding tert-OH is 1. The summed E-state index contributed by atoms with van der Waals surface area (Å²) in [6, 6.07) is 18.2. The first-order chi connectivity index (χ1) is 12.5. The van der Waals surface area contributed by atoms with E-state index in [0.717, 1.165) is 35.6 Å². The van der Waals surface area contributed by atoms with Crippen LogP contribution < -0.4 is 5.32 Å². The maximum Gasteiger partial charge on any atom is 0.0727 e. The van der Waals surface area contributed by atoms with E-state index in [1.807, 2.05) is 41.1 Å². The van der Waals surface area contributed by atoms with Gasteiger partial charge in [0.05, 0.1) is 18.0 Å². The second kappa shape index (κ2) is 7.85. The van der Waals surface area contributed by atoms with E-state index in [9.17, 15) is 5.11 Å². The summed E-state index contributed by atoms with van der Waals surface area (Å²) in [5.74, 6) is 0. The third-order valence-electron chi connectivity index (χ3n) is 4.44. The normalized spacial score (nSPS) is 11.7. The van der Waals surface area contributed by atoms with Gasteiger partial charge in [0.1, 0.15) is 0 Å². The van der Waals surface area contributed by atoms with E-state index >= 15 is 0 Å². The molecule has 0 amide bonds. The minimum absolute atomic E-state index is 0.0277. The number of para-hydroxylation sites is 1. The van der Waals surface area contributed by atoms with Crippen molar-refractivity contribution in [3.8, 4) is 5.69 Å². The molecule has 0 aliphatic heterocycles. The third kappa shape index (κ3) is 4.21. The van der Waals surface area contributed by atoms with Crippen molar-refractivity contribution in [2.75, 3.05) is 0 Å². The fourth-order valence-corrected chi connectivity index (χ4v) is 3.10. The number of rotatable bonds is 6. The lowest BCUT2D eigenvalue weighted by Gasteiger charge is -2.18. The predicted octanol–water partition coefficient (Wildman–Crippen LogP) is 3.95. The van der Waals surface area contributed by atoms with Gasteiger partial charge >= 0.3 is 0 Å². The first kappa shape index (κ1) is 18.4. The van der Waals surface area contributed by atoms with Gasteiger partial charge in [0.15, 0.2) is 0 Å². The molecule has 0 spiro atoms. The molecule has 0 saturated heterocycles. The summed E-state index contributed by atoms with van der Waals surface area (Å²) >= 11 is 0. The molecule has 0 atom stereocenters. The number of hydrogen-bond acceptors (Lipinski definition) is 3. The van der Waals surface area contributed by atoms with Gasteiger partial charge in [0.25, 0.3) is 0 Å². The Hall–Kier alpha value is -2.43. The zero-order valence-corrected chi connectivity index (χ0v) is 15.7. The fraction of sp³-hybridized carbons (Fsp3) is 0.318. The molecule has 4 nitrogen and oxygen atoms in total. The Morgan fingerprint density at radius 2 is 1.50 bits per heavy atom. The molecule has 0 radical (unpaired) electrons. The van der Waals surface area contributed by atoms with Gasteiger partial charge in [0.2, 0.25) is 0 Å². The lowest BCUT2D eigenvalue weighted by molar-refractivity contribution is 0.280. The molecule has 2 aromatic carbocycles. The van der Waals surface area contributed by atoms with E-state index < -0.39 is 0 Å². The van der Waals surface area contributed by atoms with E-state index in [4.69, 9.17) is 5.10 Å². The highest BCUT2D eigenvalue weighted by Crippen LogP contribution is 2.25. The molecule has 0 unspecified atom stereocenters. The number of aliphatic hydroxyl groups is 1. The maximum absolute atomic E-state index is 9.47. The van der Waals surface area contributed by atoms with Crippen molar-refractivity contribution in [1.29, 1.82) is 0 Å². The number of nitrogens with one attached hydrogen (secondary N) is 1. The van der Waals surface area contributed by atoms with Crippen LogP contribution in [-0.2, 0) is 25.1 Å². The Bertz CT molecular complexity index is 847. The number of hydrogen-bond donors (Lipinski definition) is 2. The van der Waals surface area contributed by atoms with Crippen LogP contribution in [0.4, 0.5) is 0 Å². The molecular weight excluding hydrogens is 322 g/mol. The third-order valence-corrected chi connectivity index (χ3v) is 4.44. The molecule has 0 aliphatic carbocycles. The van der Waals surface area contributed by atoms with Gasteiger partial charge in [-0.15, -0.1) is 0 Å². The summed E-state index contributed by atoms with van der Waals surface area (Å²) in [5.41, 5.74) is 5.43. The molecule has 0 fully saturated rings. The predicted molar refractivity (Wildman–Crippen MR) is 105 cm³/mol. The smallest absolute Gasteiger partial charge is 0.0727 e. The monoisotopic (exact) mass is 349 g/mol. The molecule has 2 N–H and O–H groups in total. The molecule has 1 heterocycles. The van der Waals surface area contributed by atoms with Crippen LogP contribution in [0, 0.1) is 0 Å². The highest BCUT2D eigenvalue weighted by molar-refractivity contribution is 5.34. The van der Waals surface area contributed by atoms with Crippen LogP contribution in [0.25, 0.3) is 5.69 Å². The largest absolute Gasteiger partial charge is 0.392 e. The van der Waals surface area contributed by atoms with Crippen LogP contribution in [0.3, 0.4) is 0 Å². The second-order valence-corrected chi connectivity index (χ2v) is 7.56. The SMILES string of the molecule is CC(C)(C)c1nn(-c2ccccc2)cc1CNCc1ccccc1CO. The summed E-state index contributed by atoms with van der Waals surface area (Å²) in [5, 5.41) is 17.8. The van der Waals surface area contributed by atoms with Crippen molar-refractivity contribution in [3.63, 3.8) is 0 Å². The van der Waals surface area contributed by atoms with Gasteiger partial charge in [-0.05, 0) is 23.3 Å². The Kier molecular flexibility index (Phi) is 5.55. The Morgan fingerprint density at radius 1 is 0.885 bits per heavy atom. The molecule has 1 aromatic heterocycles. The summed E-state index contributed by atoms with van der Waals surface area (Å²) in [6.07, 6.45) is 2.11. The molecule has 136 valence electrons. The molecule has 26 heavy (non-hydrogen) atoms. The molecule has 0 bridgehead atoms. The molecule has 3 rings (SSSR count). The lowest BCUT2D eigenvalue weighted by atomic mass is 9.89. The van der Waals surface area contributed by atoms with Crippen LogP contribution in [0.1, 0.15) is 43.2 Å². The van der Waals surface area contributed by atoms with Gasteiger partial charge in [-0.3, -0.25) is 0 Å². The van der Waals surface area contributed by atoms with Gasteiger partial charge < -0.3 is 10.4 Å². The first-order valence-corrected chi connectivity index (χ1v) is 9.02. The van der Waals surface area contributed by atoms with Crippen LogP contribution in [0.2, 0.25) is 0 Å². The molecule has 0 aliphatic rings. The Labute approximate surface area is 155 Å².